The average molecular weight is 294 g/mol. The number of esters is 2. The first kappa shape index (κ1) is 14.9. The topological polar surface area (TPSA) is 52.6 Å². The van der Waals surface area contributed by atoms with Crippen LogP contribution < -0.4 is 0 Å². The lowest BCUT2D eigenvalue weighted by Gasteiger charge is -2.39. The number of fused-ring (bicyclic) bond motifs is 1. The second-order valence-electron chi connectivity index (χ2n) is 8.56. The van der Waals surface area contributed by atoms with Gasteiger partial charge in [-0.3, -0.25) is 9.59 Å². The number of hydrogen-bond acceptors (Lipinski definition) is 4. The molecular weight excluding hydrogens is 268 g/mol. The van der Waals surface area contributed by atoms with Crippen LogP contribution in [0.15, 0.2) is 0 Å². The lowest BCUT2D eigenvalue weighted by atomic mass is 9.69. The van der Waals surface area contributed by atoms with E-state index in [4.69, 9.17) is 9.47 Å². The minimum Gasteiger partial charge on any atom is -0.458 e. The van der Waals surface area contributed by atoms with E-state index in [2.05, 4.69) is 0 Å². The summed E-state index contributed by atoms with van der Waals surface area (Å²) in [5, 5.41) is 0. The Balaban J connectivity index is 1.74. The van der Waals surface area contributed by atoms with Crippen molar-refractivity contribution in [3.63, 3.8) is 0 Å². The molecule has 0 aromatic heterocycles. The van der Waals surface area contributed by atoms with Gasteiger partial charge < -0.3 is 9.47 Å². The monoisotopic (exact) mass is 294 g/mol. The number of hydrogen-bond donors (Lipinski definition) is 0. The van der Waals surface area contributed by atoms with Gasteiger partial charge >= 0.3 is 11.9 Å². The molecule has 2 aliphatic carbocycles. The Labute approximate surface area is 126 Å². The van der Waals surface area contributed by atoms with Gasteiger partial charge in [-0.05, 0) is 44.4 Å². The molecule has 3 aliphatic rings. The standard InChI is InChI=1S/C17H26O4/c1-16(2,3)17(4,5)15(19)20-12-8-9-6-10-11(7-9)14(18)21-13(10)12/h9-13H,6-8H2,1-5H3. The van der Waals surface area contributed by atoms with Crippen LogP contribution in [0.25, 0.3) is 0 Å². The van der Waals surface area contributed by atoms with E-state index in [-0.39, 0.29) is 41.4 Å². The SMILES string of the molecule is CC(C)(C)C(C)(C)C(=O)OC1CC2CC3C(=O)OC1C3C2. The van der Waals surface area contributed by atoms with Crippen LogP contribution in [0.3, 0.4) is 0 Å². The van der Waals surface area contributed by atoms with Crippen molar-refractivity contribution >= 4 is 11.9 Å². The van der Waals surface area contributed by atoms with Crippen molar-refractivity contribution in [3.05, 3.63) is 0 Å². The zero-order valence-corrected chi connectivity index (χ0v) is 13.6. The van der Waals surface area contributed by atoms with Crippen molar-refractivity contribution in [2.24, 2.45) is 28.6 Å². The van der Waals surface area contributed by atoms with Gasteiger partial charge in [-0.2, -0.15) is 0 Å². The molecule has 5 unspecified atom stereocenters. The van der Waals surface area contributed by atoms with Gasteiger partial charge in [-0.15, -0.1) is 0 Å². The molecule has 1 saturated heterocycles. The van der Waals surface area contributed by atoms with Crippen LogP contribution in [-0.4, -0.2) is 24.1 Å². The highest BCUT2D eigenvalue weighted by molar-refractivity contribution is 5.78. The van der Waals surface area contributed by atoms with Crippen LogP contribution in [0.2, 0.25) is 0 Å². The Bertz CT molecular complexity index is 474. The molecule has 21 heavy (non-hydrogen) atoms. The summed E-state index contributed by atoms with van der Waals surface area (Å²) in [6.07, 6.45) is 2.35. The van der Waals surface area contributed by atoms with Crippen LogP contribution in [0.4, 0.5) is 0 Å². The molecule has 1 heterocycles. The zero-order valence-electron chi connectivity index (χ0n) is 13.6. The minimum atomic E-state index is -0.564. The van der Waals surface area contributed by atoms with Gasteiger partial charge in [-0.1, -0.05) is 20.8 Å². The lowest BCUT2D eigenvalue weighted by molar-refractivity contribution is -0.180. The van der Waals surface area contributed by atoms with Crippen molar-refractivity contribution in [3.8, 4) is 0 Å². The Kier molecular flexibility index (Phi) is 3.16. The second-order valence-corrected chi connectivity index (χ2v) is 8.56. The Morgan fingerprint density at radius 3 is 2.43 bits per heavy atom. The van der Waals surface area contributed by atoms with E-state index >= 15 is 0 Å². The van der Waals surface area contributed by atoms with Crippen molar-refractivity contribution in [2.75, 3.05) is 0 Å². The molecular formula is C17H26O4. The summed E-state index contributed by atoms with van der Waals surface area (Å²) >= 11 is 0. The molecule has 1 aliphatic heterocycles. The van der Waals surface area contributed by atoms with Crippen molar-refractivity contribution < 1.29 is 19.1 Å². The maximum atomic E-state index is 12.6. The van der Waals surface area contributed by atoms with Crippen molar-refractivity contribution in [1.29, 1.82) is 0 Å². The van der Waals surface area contributed by atoms with Crippen molar-refractivity contribution in [2.45, 2.75) is 66.1 Å². The smallest absolute Gasteiger partial charge is 0.312 e. The molecule has 0 spiro atoms. The first-order chi connectivity index (χ1) is 9.61. The molecule has 5 atom stereocenters. The summed E-state index contributed by atoms with van der Waals surface area (Å²) in [7, 11) is 0. The molecule has 4 heteroatoms. The summed E-state index contributed by atoms with van der Waals surface area (Å²) in [5.74, 6) is 0.579. The summed E-state index contributed by atoms with van der Waals surface area (Å²) in [4.78, 5) is 24.5. The Hall–Kier alpha value is -1.06. The highest BCUT2D eigenvalue weighted by Crippen LogP contribution is 2.53. The third-order valence-corrected chi connectivity index (χ3v) is 6.26. The van der Waals surface area contributed by atoms with E-state index in [9.17, 15) is 9.59 Å². The molecule has 0 radical (unpaired) electrons. The largest absolute Gasteiger partial charge is 0.458 e. The van der Waals surface area contributed by atoms with Crippen LogP contribution in [-0.2, 0) is 19.1 Å². The maximum Gasteiger partial charge on any atom is 0.312 e. The van der Waals surface area contributed by atoms with E-state index in [1.807, 2.05) is 34.6 Å². The third-order valence-electron chi connectivity index (χ3n) is 6.26. The van der Waals surface area contributed by atoms with E-state index in [1.54, 1.807) is 0 Å². The number of ether oxygens (including phenoxy) is 2. The molecule has 2 bridgehead atoms. The fourth-order valence-corrected chi connectivity index (χ4v) is 3.84. The van der Waals surface area contributed by atoms with Gasteiger partial charge in [0.05, 0.1) is 11.3 Å². The molecule has 0 aromatic carbocycles. The first-order valence-electron chi connectivity index (χ1n) is 8.03. The van der Waals surface area contributed by atoms with Crippen LogP contribution >= 0.6 is 0 Å². The van der Waals surface area contributed by atoms with E-state index in [0.717, 1.165) is 19.3 Å². The van der Waals surface area contributed by atoms with Crippen molar-refractivity contribution in [1.82, 2.24) is 0 Å². The fourth-order valence-electron chi connectivity index (χ4n) is 3.84. The number of carbonyl (C=O) groups excluding carboxylic acids is 2. The molecule has 0 N–H and O–H groups in total. The van der Waals surface area contributed by atoms with Gasteiger partial charge in [0, 0.05) is 5.92 Å². The summed E-state index contributed by atoms with van der Waals surface area (Å²) in [6.45, 7) is 9.99. The molecule has 118 valence electrons. The second kappa shape index (κ2) is 4.47. The number of rotatable bonds is 2. The molecule has 4 nitrogen and oxygen atoms in total. The van der Waals surface area contributed by atoms with Crippen LogP contribution in [0.5, 0.6) is 0 Å². The molecule has 3 rings (SSSR count). The Morgan fingerprint density at radius 2 is 1.81 bits per heavy atom. The van der Waals surface area contributed by atoms with Gasteiger partial charge in [0.1, 0.15) is 12.2 Å². The van der Waals surface area contributed by atoms with Crippen LogP contribution in [0.1, 0.15) is 53.9 Å². The summed E-state index contributed by atoms with van der Waals surface area (Å²) in [6, 6.07) is 0. The van der Waals surface area contributed by atoms with Gasteiger partial charge in [0.15, 0.2) is 0 Å². The predicted octanol–water partition coefficient (Wildman–Crippen LogP) is 2.94. The molecule has 2 saturated carbocycles. The van der Waals surface area contributed by atoms with E-state index < -0.39 is 5.41 Å². The zero-order chi connectivity index (χ0) is 15.6. The Morgan fingerprint density at radius 1 is 1.14 bits per heavy atom. The molecule has 0 amide bonds. The molecule has 3 fully saturated rings. The minimum absolute atomic E-state index is 0.0549. The van der Waals surface area contributed by atoms with E-state index in [1.165, 1.54) is 0 Å². The first-order valence-corrected chi connectivity index (χ1v) is 8.03. The predicted molar refractivity (Wildman–Crippen MR) is 77.3 cm³/mol. The fraction of sp³-hybridized carbons (Fsp3) is 0.882. The average Bonchev–Trinajstić information content (AvgIpc) is 2.84. The molecule has 0 aromatic rings. The third kappa shape index (κ3) is 2.18. The summed E-state index contributed by atoms with van der Waals surface area (Å²) < 4.78 is 11.3. The highest BCUT2D eigenvalue weighted by atomic mass is 16.6. The van der Waals surface area contributed by atoms with Gasteiger partial charge in [0.2, 0.25) is 0 Å². The normalized spacial score (nSPS) is 38.3. The quantitative estimate of drug-likeness (QED) is 0.735. The summed E-state index contributed by atoms with van der Waals surface area (Å²) in [5.41, 5.74) is -0.738. The maximum absolute atomic E-state index is 12.6. The lowest BCUT2D eigenvalue weighted by Crippen LogP contribution is -2.45. The van der Waals surface area contributed by atoms with Gasteiger partial charge in [-0.25, -0.2) is 0 Å². The highest BCUT2D eigenvalue weighted by Gasteiger charge is 2.58. The van der Waals surface area contributed by atoms with Crippen LogP contribution in [0, 0.1) is 28.6 Å². The number of carbonyl (C=O) groups is 2. The van der Waals surface area contributed by atoms with E-state index in [0.29, 0.717) is 5.92 Å². The van der Waals surface area contributed by atoms with Gasteiger partial charge in [0.25, 0.3) is 0 Å².